The summed E-state index contributed by atoms with van der Waals surface area (Å²) < 4.78 is 0. The molecule has 0 aromatic heterocycles. The van der Waals surface area contributed by atoms with E-state index in [0.717, 1.165) is 5.75 Å². The van der Waals surface area contributed by atoms with Crippen LogP contribution in [0.3, 0.4) is 0 Å². The molecule has 0 fully saturated rings. The van der Waals surface area contributed by atoms with Crippen LogP contribution in [0, 0.1) is 0 Å². The predicted molar refractivity (Wildman–Crippen MR) is 82.4 cm³/mol. The van der Waals surface area contributed by atoms with Gasteiger partial charge in [0.25, 0.3) is 0 Å². The molecule has 0 spiro atoms. The van der Waals surface area contributed by atoms with Gasteiger partial charge in [-0.2, -0.15) is 12.6 Å². The van der Waals surface area contributed by atoms with Crippen LogP contribution >= 0.6 is 20.6 Å². The zero-order chi connectivity index (χ0) is 12.1. The Labute approximate surface area is 110 Å². The van der Waals surface area contributed by atoms with E-state index in [1.807, 2.05) is 0 Å². The summed E-state index contributed by atoms with van der Waals surface area (Å²) >= 11 is 4.47. The van der Waals surface area contributed by atoms with Gasteiger partial charge in [0.1, 0.15) is 0 Å². The topological polar surface area (TPSA) is 0 Å². The minimum atomic E-state index is -0.289. The number of rotatable bonds is 4. The van der Waals surface area contributed by atoms with Gasteiger partial charge in [-0.3, -0.25) is 0 Å². The largest absolute Gasteiger partial charge is 0.179 e. The van der Waals surface area contributed by atoms with Crippen molar-refractivity contribution < 1.29 is 0 Å². The third-order valence-corrected chi connectivity index (χ3v) is 6.38. The first-order chi connectivity index (χ1) is 8.33. The monoisotopic (exact) mass is 260 g/mol. The van der Waals surface area contributed by atoms with Gasteiger partial charge in [-0.25, -0.2) is 0 Å². The van der Waals surface area contributed by atoms with Crippen LogP contribution in [0.5, 0.6) is 0 Å². The van der Waals surface area contributed by atoms with Gasteiger partial charge in [0.15, 0.2) is 0 Å². The standard InChI is InChI=1S/C15H17PS/c1-13(12-17)16(14-8-4-2-5-9-14)15-10-6-3-7-11-15/h2-11,13,17H,12H2,1H3. The summed E-state index contributed by atoms with van der Waals surface area (Å²) in [6.07, 6.45) is 0. The van der Waals surface area contributed by atoms with E-state index in [1.54, 1.807) is 0 Å². The van der Waals surface area contributed by atoms with Crippen molar-refractivity contribution >= 4 is 31.2 Å². The highest BCUT2D eigenvalue weighted by Gasteiger charge is 2.19. The molecule has 0 saturated heterocycles. The van der Waals surface area contributed by atoms with Crippen LogP contribution in [-0.2, 0) is 0 Å². The molecule has 1 unspecified atom stereocenters. The molecule has 0 aliphatic heterocycles. The van der Waals surface area contributed by atoms with Crippen LogP contribution < -0.4 is 10.6 Å². The minimum absolute atomic E-state index is 0.289. The molecule has 0 nitrogen and oxygen atoms in total. The summed E-state index contributed by atoms with van der Waals surface area (Å²) in [5.41, 5.74) is 0.595. The zero-order valence-corrected chi connectivity index (χ0v) is 11.7. The average molecular weight is 260 g/mol. The fourth-order valence-electron chi connectivity index (χ4n) is 1.92. The van der Waals surface area contributed by atoms with E-state index in [1.165, 1.54) is 10.6 Å². The van der Waals surface area contributed by atoms with E-state index in [9.17, 15) is 0 Å². The quantitative estimate of drug-likeness (QED) is 0.632. The fourth-order valence-corrected chi connectivity index (χ4v) is 4.87. The zero-order valence-electron chi connectivity index (χ0n) is 9.95. The molecule has 1 atom stereocenters. The lowest BCUT2D eigenvalue weighted by Gasteiger charge is -2.24. The van der Waals surface area contributed by atoms with E-state index in [2.05, 4.69) is 80.2 Å². The molecule has 0 aliphatic rings. The Morgan fingerprint density at radius 2 is 1.29 bits per heavy atom. The SMILES string of the molecule is CC(CS)P(c1ccccc1)c1ccccc1. The van der Waals surface area contributed by atoms with Gasteiger partial charge in [0.05, 0.1) is 0 Å². The molecule has 2 aromatic carbocycles. The highest BCUT2D eigenvalue weighted by molar-refractivity contribution is 7.82. The van der Waals surface area contributed by atoms with Crippen LogP contribution in [0.15, 0.2) is 60.7 Å². The van der Waals surface area contributed by atoms with E-state index < -0.39 is 0 Å². The Morgan fingerprint density at radius 3 is 1.65 bits per heavy atom. The summed E-state index contributed by atoms with van der Waals surface area (Å²) in [5.74, 6) is 0.926. The second kappa shape index (κ2) is 6.23. The normalized spacial score (nSPS) is 12.6. The van der Waals surface area contributed by atoms with Crippen molar-refractivity contribution in [1.82, 2.24) is 0 Å². The number of hydrogen-bond acceptors (Lipinski definition) is 1. The molecule has 0 radical (unpaired) electrons. The molecule has 2 aromatic rings. The number of hydrogen-bond donors (Lipinski definition) is 1. The summed E-state index contributed by atoms with van der Waals surface area (Å²) in [6, 6.07) is 21.6. The molecule has 0 amide bonds. The van der Waals surface area contributed by atoms with Crippen molar-refractivity contribution in [3.8, 4) is 0 Å². The maximum Gasteiger partial charge on any atom is -0.00267 e. The van der Waals surface area contributed by atoms with Crippen molar-refractivity contribution in [3.05, 3.63) is 60.7 Å². The van der Waals surface area contributed by atoms with Crippen molar-refractivity contribution in [2.24, 2.45) is 0 Å². The first kappa shape index (κ1) is 12.7. The first-order valence-electron chi connectivity index (χ1n) is 5.83. The highest BCUT2D eigenvalue weighted by Crippen LogP contribution is 2.39. The van der Waals surface area contributed by atoms with Crippen LogP contribution in [0.1, 0.15) is 6.92 Å². The Hall–Kier alpha value is -0.780. The smallest absolute Gasteiger partial charge is 0.00267 e. The molecule has 17 heavy (non-hydrogen) atoms. The van der Waals surface area contributed by atoms with Crippen LogP contribution in [0.4, 0.5) is 0 Å². The third kappa shape index (κ3) is 3.12. The van der Waals surface area contributed by atoms with E-state index in [-0.39, 0.29) is 7.92 Å². The Kier molecular flexibility index (Phi) is 4.65. The van der Waals surface area contributed by atoms with E-state index >= 15 is 0 Å². The Bertz CT molecular complexity index is 401. The minimum Gasteiger partial charge on any atom is -0.179 e. The molecule has 0 saturated carbocycles. The second-order valence-corrected chi connectivity index (χ2v) is 7.09. The predicted octanol–water partition coefficient (Wildman–Crippen LogP) is 3.44. The maximum absolute atomic E-state index is 4.47. The van der Waals surface area contributed by atoms with Gasteiger partial charge in [0.2, 0.25) is 0 Å². The lowest BCUT2D eigenvalue weighted by molar-refractivity contribution is 1.12. The summed E-state index contributed by atoms with van der Waals surface area (Å²) in [4.78, 5) is 0. The lowest BCUT2D eigenvalue weighted by Crippen LogP contribution is -2.20. The van der Waals surface area contributed by atoms with Gasteiger partial charge < -0.3 is 0 Å². The van der Waals surface area contributed by atoms with Gasteiger partial charge >= 0.3 is 0 Å². The average Bonchev–Trinajstić information content (AvgIpc) is 2.41. The van der Waals surface area contributed by atoms with Gasteiger partial charge in [-0.1, -0.05) is 67.6 Å². The molecule has 0 bridgehead atoms. The van der Waals surface area contributed by atoms with Crippen LogP contribution in [-0.4, -0.2) is 11.4 Å². The lowest BCUT2D eigenvalue weighted by atomic mass is 10.4. The van der Waals surface area contributed by atoms with Crippen LogP contribution in [0.2, 0.25) is 0 Å². The van der Waals surface area contributed by atoms with Gasteiger partial charge in [0, 0.05) is 0 Å². The van der Waals surface area contributed by atoms with Crippen LogP contribution in [0.25, 0.3) is 0 Å². The number of benzene rings is 2. The summed E-state index contributed by atoms with van der Waals surface area (Å²) in [6.45, 7) is 2.29. The van der Waals surface area contributed by atoms with Crippen molar-refractivity contribution in [2.75, 3.05) is 5.75 Å². The third-order valence-electron chi connectivity index (χ3n) is 2.77. The molecule has 88 valence electrons. The summed E-state index contributed by atoms with van der Waals surface area (Å²) in [5, 5.41) is 2.88. The highest BCUT2D eigenvalue weighted by atomic mass is 32.1. The molecule has 0 N–H and O–H groups in total. The molecule has 0 aliphatic carbocycles. The van der Waals surface area contributed by atoms with Gasteiger partial charge in [-0.15, -0.1) is 0 Å². The maximum atomic E-state index is 4.47. The molecule has 0 heterocycles. The van der Waals surface area contributed by atoms with Crippen molar-refractivity contribution in [3.63, 3.8) is 0 Å². The molecular weight excluding hydrogens is 243 g/mol. The molecule has 2 heteroatoms. The molecule has 2 rings (SSSR count). The van der Waals surface area contributed by atoms with Gasteiger partial charge in [-0.05, 0) is 29.9 Å². The van der Waals surface area contributed by atoms with Crippen molar-refractivity contribution in [2.45, 2.75) is 12.6 Å². The van der Waals surface area contributed by atoms with E-state index in [0.29, 0.717) is 5.66 Å². The first-order valence-corrected chi connectivity index (χ1v) is 7.87. The Morgan fingerprint density at radius 1 is 0.882 bits per heavy atom. The fraction of sp³-hybridized carbons (Fsp3) is 0.200. The van der Waals surface area contributed by atoms with Crippen molar-refractivity contribution in [1.29, 1.82) is 0 Å². The Balaban J connectivity index is 2.39. The molecular formula is C15H17PS. The number of thiol groups is 1. The summed E-state index contributed by atoms with van der Waals surface area (Å²) in [7, 11) is -0.289. The van der Waals surface area contributed by atoms with E-state index in [4.69, 9.17) is 0 Å². The second-order valence-electron chi connectivity index (χ2n) is 4.07.